The van der Waals surface area contributed by atoms with Gasteiger partial charge in [-0.05, 0) is 18.1 Å². The van der Waals surface area contributed by atoms with Gasteiger partial charge in [-0.15, -0.1) is 24.5 Å². The predicted octanol–water partition coefficient (Wildman–Crippen LogP) is 3.97. The molecule has 0 saturated carbocycles. The second-order valence-corrected chi connectivity index (χ2v) is 7.40. The maximum Gasteiger partial charge on any atom is 0.573 e. The van der Waals surface area contributed by atoms with E-state index in [1.807, 2.05) is 13.8 Å². The molecule has 2 rings (SSSR count). The minimum Gasteiger partial charge on any atom is -0.406 e. The number of sulfonamides is 1. The maximum absolute atomic E-state index is 12.2. The molecule has 0 unspecified atom stereocenters. The molecule has 0 saturated heterocycles. The maximum atomic E-state index is 12.2. The Bertz CT molecular complexity index is 786. The first-order valence-electron chi connectivity index (χ1n) is 6.41. The summed E-state index contributed by atoms with van der Waals surface area (Å²) in [5.74, 6) is -0.476. The number of benzene rings is 1. The standard InChI is InChI=1S/C13H13F3N2O3S2/c1-8(2)11-7-22-12(17-11)18-23(19,20)10-5-3-4-9(6-10)21-13(14,15)16/h3-8H,1-2H3,(H,17,18). The molecule has 0 spiro atoms. The van der Waals surface area contributed by atoms with Crippen LogP contribution in [0.4, 0.5) is 18.3 Å². The van der Waals surface area contributed by atoms with E-state index in [0.717, 1.165) is 35.2 Å². The molecule has 1 N–H and O–H groups in total. The normalized spacial score (nSPS) is 12.4. The van der Waals surface area contributed by atoms with Crippen molar-refractivity contribution in [1.29, 1.82) is 0 Å². The molecule has 0 atom stereocenters. The lowest BCUT2D eigenvalue weighted by Gasteiger charge is -2.10. The smallest absolute Gasteiger partial charge is 0.406 e. The molecule has 0 aliphatic rings. The fourth-order valence-corrected chi connectivity index (χ4v) is 3.77. The van der Waals surface area contributed by atoms with Crippen molar-refractivity contribution in [3.63, 3.8) is 0 Å². The van der Waals surface area contributed by atoms with Crippen LogP contribution in [-0.4, -0.2) is 19.8 Å². The number of aromatic nitrogens is 1. The van der Waals surface area contributed by atoms with E-state index in [0.29, 0.717) is 0 Å². The highest BCUT2D eigenvalue weighted by molar-refractivity contribution is 7.93. The van der Waals surface area contributed by atoms with Gasteiger partial charge in [-0.3, -0.25) is 4.72 Å². The minimum absolute atomic E-state index is 0.132. The number of hydrogen-bond acceptors (Lipinski definition) is 5. The van der Waals surface area contributed by atoms with Crippen LogP contribution in [0, 0.1) is 0 Å². The van der Waals surface area contributed by atoms with E-state index in [2.05, 4.69) is 14.4 Å². The largest absolute Gasteiger partial charge is 0.573 e. The second kappa shape index (κ2) is 6.36. The molecule has 1 aromatic heterocycles. The molecular formula is C13H13F3N2O3S2. The minimum atomic E-state index is -4.89. The van der Waals surface area contributed by atoms with Gasteiger partial charge in [-0.25, -0.2) is 13.4 Å². The van der Waals surface area contributed by atoms with Gasteiger partial charge in [0, 0.05) is 11.4 Å². The van der Waals surface area contributed by atoms with Crippen molar-refractivity contribution in [2.75, 3.05) is 4.72 Å². The van der Waals surface area contributed by atoms with Gasteiger partial charge in [0.2, 0.25) is 0 Å². The number of hydrogen-bond donors (Lipinski definition) is 1. The van der Waals surface area contributed by atoms with E-state index in [1.54, 1.807) is 5.38 Å². The third-order valence-electron chi connectivity index (χ3n) is 2.68. The Morgan fingerprint density at radius 1 is 1.30 bits per heavy atom. The molecule has 0 aliphatic heterocycles. The molecule has 5 nitrogen and oxygen atoms in total. The third-order valence-corrected chi connectivity index (χ3v) is 4.93. The zero-order valence-electron chi connectivity index (χ0n) is 12.1. The summed E-state index contributed by atoms with van der Waals surface area (Å²) in [6.45, 7) is 3.82. The number of ether oxygens (including phenoxy) is 1. The van der Waals surface area contributed by atoms with Crippen LogP contribution < -0.4 is 9.46 Å². The number of nitrogens with zero attached hydrogens (tertiary/aromatic N) is 1. The van der Waals surface area contributed by atoms with E-state index in [1.165, 1.54) is 6.07 Å². The van der Waals surface area contributed by atoms with Crippen LogP contribution in [0.1, 0.15) is 25.5 Å². The monoisotopic (exact) mass is 366 g/mol. The van der Waals surface area contributed by atoms with Crippen molar-refractivity contribution < 1.29 is 26.3 Å². The first-order chi connectivity index (χ1) is 10.6. The van der Waals surface area contributed by atoms with E-state index in [9.17, 15) is 21.6 Å². The topological polar surface area (TPSA) is 68.3 Å². The lowest BCUT2D eigenvalue weighted by Crippen LogP contribution is -2.18. The zero-order chi connectivity index (χ0) is 17.3. The number of halogens is 3. The summed E-state index contributed by atoms with van der Waals surface area (Å²) in [7, 11) is -4.05. The van der Waals surface area contributed by atoms with Crippen molar-refractivity contribution in [3.05, 3.63) is 35.3 Å². The molecule has 0 aliphatic carbocycles. The van der Waals surface area contributed by atoms with Crippen molar-refractivity contribution in [2.24, 2.45) is 0 Å². The van der Waals surface area contributed by atoms with Crippen LogP contribution in [0.3, 0.4) is 0 Å². The van der Waals surface area contributed by atoms with Crippen LogP contribution in [0.15, 0.2) is 34.5 Å². The van der Waals surface area contributed by atoms with Crippen LogP contribution in [0.25, 0.3) is 0 Å². The predicted molar refractivity (Wildman–Crippen MR) is 80.1 cm³/mol. The molecule has 1 aromatic carbocycles. The first-order valence-corrected chi connectivity index (χ1v) is 8.77. The Hall–Kier alpha value is -1.81. The third kappa shape index (κ3) is 4.83. The highest BCUT2D eigenvalue weighted by Crippen LogP contribution is 2.27. The summed E-state index contributed by atoms with van der Waals surface area (Å²) in [5, 5.41) is 1.86. The van der Waals surface area contributed by atoms with Crippen molar-refractivity contribution in [2.45, 2.75) is 31.0 Å². The Morgan fingerprint density at radius 2 is 2.00 bits per heavy atom. The van der Waals surface area contributed by atoms with Gasteiger partial charge in [0.1, 0.15) is 5.75 Å². The SMILES string of the molecule is CC(C)c1csc(NS(=O)(=O)c2cccc(OC(F)(F)F)c2)n1. The van der Waals surface area contributed by atoms with Gasteiger partial charge in [0.05, 0.1) is 10.6 Å². The molecule has 23 heavy (non-hydrogen) atoms. The molecule has 2 aromatic rings. The van der Waals surface area contributed by atoms with Crippen LogP contribution >= 0.6 is 11.3 Å². The Labute approximate surface area is 135 Å². The van der Waals surface area contributed by atoms with E-state index < -0.39 is 22.1 Å². The number of thiazole rings is 1. The summed E-state index contributed by atoms with van der Waals surface area (Å²) >= 11 is 1.10. The van der Waals surface area contributed by atoms with Gasteiger partial charge >= 0.3 is 6.36 Å². The van der Waals surface area contributed by atoms with Gasteiger partial charge < -0.3 is 4.74 Å². The zero-order valence-corrected chi connectivity index (χ0v) is 13.7. The Kier molecular flexibility index (Phi) is 4.85. The molecule has 0 fully saturated rings. The van der Waals surface area contributed by atoms with E-state index >= 15 is 0 Å². The Morgan fingerprint density at radius 3 is 2.57 bits per heavy atom. The highest BCUT2D eigenvalue weighted by atomic mass is 32.2. The lowest BCUT2D eigenvalue weighted by molar-refractivity contribution is -0.274. The molecule has 1 heterocycles. The summed E-state index contributed by atoms with van der Waals surface area (Å²) in [5.41, 5.74) is 0.724. The first kappa shape index (κ1) is 17.5. The quantitative estimate of drug-likeness (QED) is 0.870. The van der Waals surface area contributed by atoms with Gasteiger partial charge in [0.25, 0.3) is 10.0 Å². The fraction of sp³-hybridized carbons (Fsp3) is 0.308. The van der Waals surface area contributed by atoms with Crippen LogP contribution in [0.2, 0.25) is 0 Å². The van der Waals surface area contributed by atoms with Crippen LogP contribution in [0.5, 0.6) is 5.75 Å². The van der Waals surface area contributed by atoms with E-state index in [-0.39, 0.29) is 15.9 Å². The van der Waals surface area contributed by atoms with Gasteiger partial charge in [-0.2, -0.15) is 0 Å². The number of anilines is 1. The van der Waals surface area contributed by atoms with Gasteiger partial charge in [0.15, 0.2) is 5.13 Å². The van der Waals surface area contributed by atoms with Gasteiger partial charge in [-0.1, -0.05) is 19.9 Å². The van der Waals surface area contributed by atoms with Crippen LogP contribution in [-0.2, 0) is 10.0 Å². The number of nitrogens with one attached hydrogen (secondary N) is 1. The average molecular weight is 366 g/mol. The number of alkyl halides is 3. The molecule has 126 valence electrons. The summed E-state index contributed by atoms with van der Waals surface area (Å²) in [6, 6.07) is 4.15. The average Bonchev–Trinajstić information content (AvgIpc) is 2.85. The summed E-state index contributed by atoms with van der Waals surface area (Å²) in [4.78, 5) is 3.77. The highest BCUT2D eigenvalue weighted by Gasteiger charge is 2.31. The molecule has 0 radical (unpaired) electrons. The fourth-order valence-electron chi connectivity index (χ4n) is 1.61. The molecular weight excluding hydrogens is 353 g/mol. The summed E-state index contributed by atoms with van der Waals surface area (Å²) < 4.78 is 67.0. The molecule has 0 amide bonds. The van der Waals surface area contributed by atoms with Crippen molar-refractivity contribution in [1.82, 2.24) is 4.98 Å². The lowest BCUT2D eigenvalue weighted by atomic mass is 10.2. The van der Waals surface area contributed by atoms with Crippen molar-refractivity contribution >= 4 is 26.5 Å². The molecule has 10 heteroatoms. The summed E-state index contributed by atoms with van der Waals surface area (Å²) in [6.07, 6.45) is -4.89. The molecule has 0 bridgehead atoms. The second-order valence-electron chi connectivity index (χ2n) is 4.86. The van der Waals surface area contributed by atoms with E-state index in [4.69, 9.17) is 0 Å². The van der Waals surface area contributed by atoms with Crippen molar-refractivity contribution in [3.8, 4) is 5.75 Å². The Balaban J connectivity index is 2.23. The number of rotatable bonds is 5.